The maximum Gasteiger partial charge on any atom is 0.0399 e. The van der Waals surface area contributed by atoms with E-state index in [0.717, 1.165) is 17.8 Å². The molecule has 5 rings (SSSR count). The molecule has 4 saturated carbocycles. The average Bonchev–Trinajstić information content (AvgIpc) is 2.36. The minimum absolute atomic E-state index is 0.628. The summed E-state index contributed by atoms with van der Waals surface area (Å²) in [7, 11) is 0. The first-order valence-corrected chi connectivity index (χ1v) is 8.44. The van der Waals surface area contributed by atoms with Gasteiger partial charge in [-0.1, -0.05) is 18.2 Å². The van der Waals surface area contributed by atoms with Gasteiger partial charge in [-0.2, -0.15) is 0 Å². The van der Waals surface area contributed by atoms with Crippen molar-refractivity contribution in [2.45, 2.75) is 52.4 Å². The second-order valence-corrected chi connectivity index (χ2v) is 8.04. The van der Waals surface area contributed by atoms with Crippen molar-refractivity contribution in [2.24, 2.45) is 23.2 Å². The molecule has 20 heavy (non-hydrogen) atoms. The molecule has 0 atom stereocenters. The van der Waals surface area contributed by atoms with Crippen LogP contribution in [0.4, 0.5) is 5.69 Å². The van der Waals surface area contributed by atoms with Crippen molar-refractivity contribution in [2.75, 3.05) is 11.9 Å². The molecule has 4 aliphatic rings. The van der Waals surface area contributed by atoms with E-state index in [0.29, 0.717) is 5.41 Å². The predicted molar refractivity (Wildman–Crippen MR) is 85.0 cm³/mol. The molecule has 108 valence electrons. The molecular weight excluding hydrogens is 242 g/mol. The Morgan fingerprint density at radius 3 is 1.95 bits per heavy atom. The predicted octanol–water partition coefficient (Wildman–Crippen LogP) is 4.93. The van der Waals surface area contributed by atoms with Gasteiger partial charge in [-0.3, -0.25) is 0 Å². The second kappa shape index (κ2) is 4.51. The fourth-order valence-electron chi connectivity index (χ4n) is 5.88. The van der Waals surface area contributed by atoms with Crippen LogP contribution < -0.4 is 5.32 Å². The van der Waals surface area contributed by atoms with Crippen molar-refractivity contribution in [3.63, 3.8) is 0 Å². The number of aryl methyl sites for hydroxylation is 2. The van der Waals surface area contributed by atoms with Gasteiger partial charge in [0.25, 0.3) is 0 Å². The Morgan fingerprint density at radius 2 is 1.45 bits per heavy atom. The maximum absolute atomic E-state index is 3.84. The second-order valence-electron chi connectivity index (χ2n) is 8.04. The zero-order chi connectivity index (χ0) is 13.7. The van der Waals surface area contributed by atoms with Gasteiger partial charge in [0.2, 0.25) is 0 Å². The van der Waals surface area contributed by atoms with Crippen LogP contribution in [0.3, 0.4) is 0 Å². The van der Waals surface area contributed by atoms with Gasteiger partial charge in [-0.25, -0.2) is 0 Å². The fraction of sp³-hybridized carbons (Fsp3) is 0.684. The Morgan fingerprint density at radius 1 is 0.950 bits per heavy atom. The average molecular weight is 269 g/mol. The molecule has 0 amide bonds. The number of hydrogen-bond acceptors (Lipinski definition) is 1. The highest BCUT2D eigenvalue weighted by Gasteiger charge is 2.50. The van der Waals surface area contributed by atoms with E-state index in [4.69, 9.17) is 0 Å². The number of nitrogens with one attached hydrogen (secondary N) is 1. The zero-order valence-electron chi connectivity index (χ0n) is 12.9. The number of anilines is 1. The van der Waals surface area contributed by atoms with Crippen molar-refractivity contribution in [1.29, 1.82) is 0 Å². The summed E-state index contributed by atoms with van der Waals surface area (Å²) in [6, 6.07) is 6.63. The van der Waals surface area contributed by atoms with Crippen molar-refractivity contribution in [1.82, 2.24) is 0 Å². The summed E-state index contributed by atoms with van der Waals surface area (Å²) in [6.45, 7) is 5.67. The van der Waals surface area contributed by atoms with Crippen LogP contribution in [-0.2, 0) is 0 Å². The largest absolute Gasteiger partial charge is 0.384 e. The molecule has 1 aromatic rings. The lowest BCUT2D eigenvalue weighted by Crippen LogP contribution is -2.49. The van der Waals surface area contributed by atoms with Crippen molar-refractivity contribution in [3.05, 3.63) is 29.3 Å². The molecule has 0 radical (unpaired) electrons. The first-order valence-electron chi connectivity index (χ1n) is 8.44. The lowest BCUT2D eigenvalue weighted by molar-refractivity contribution is -0.0444. The molecular formula is C19H27N. The van der Waals surface area contributed by atoms with E-state index >= 15 is 0 Å². The van der Waals surface area contributed by atoms with Crippen LogP contribution in [0.5, 0.6) is 0 Å². The minimum Gasteiger partial charge on any atom is -0.384 e. The van der Waals surface area contributed by atoms with E-state index in [2.05, 4.69) is 37.4 Å². The Labute approximate surface area is 123 Å². The molecule has 4 aliphatic carbocycles. The Balaban J connectivity index is 1.52. The third kappa shape index (κ3) is 2.06. The topological polar surface area (TPSA) is 12.0 Å². The number of rotatable bonds is 3. The summed E-state index contributed by atoms with van der Waals surface area (Å²) in [5.41, 5.74) is 4.82. The van der Waals surface area contributed by atoms with Gasteiger partial charge in [0.1, 0.15) is 0 Å². The highest BCUT2D eigenvalue weighted by atomic mass is 14.9. The molecule has 4 fully saturated rings. The highest BCUT2D eigenvalue weighted by molar-refractivity contribution is 5.56. The summed E-state index contributed by atoms with van der Waals surface area (Å²) in [5, 5.41) is 3.84. The molecule has 0 saturated heterocycles. The summed E-state index contributed by atoms with van der Waals surface area (Å²) in [5.74, 6) is 3.17. The van der Waals surface area contributed by atoms with Crippen molar-refractivity contribution < 1.29 is 0 Å². The van der Waals surface area contributed by atoms with Crippen LogP contribution in [0.2, 0.25) is 0 Å². The van der Waals surface area contributed by atoms with E-state index in [-0.39, 0.29) is 0 Å². The quantitative estimate of drug-likeness (QED) is 0.820. The summed E-state index contributed by atoms with van der Waals surface area (Å²) in [6.07, 6.45) is 9.12. The van der Waals surface area contributed by atoms with Crippen LogP contribution in [0, 0.1) is 37.0 Å². The molecule has 4 bridgehead atoms. The Hall–Kier alpha value is -0.980. The zero-order valence-corrected chi connectivity index (χ0v) is 12.9. The van der Waals surface area contributed by atoms with E-state index in [9.17, 15) is 0 Å². The standard InChI is InChI=1S/C19H27N/c1-13-4-3-5-14(2)18(13)20-12-19-9-15-6-16(10-19)8-17(7-15)11-19/h3-5,15-17,20H,6-12H2,1-2H3. The SMILES string of the molecule is Cc1cccc(C)c1NCC12CC3CC(CC(C3)C1)C2. The Kier molecular flexibility index (Phi) is 2.87. The van der Waals surface area contributed by atoms with E-state index in [1.807, 2.05) is 0 Å². The lowest BCUT2D eigenvalue weighted by atomic mass is 9.49. The number of para-hydroxylation sites is 1. The molecule has 1 heteroatoms. The summed E-state index contributed by atoms with van der Waals surface area (Å²) < 4.78 is 0. The monoisotopic (exact) mass is 269 g/mol. The van der Waals surface area contributed by atoms with Gasteiger partial charge < -0.3 is 5.32 Å². The van der Waals surface area contributed by atoms with Crippen LogP contribution in [-0.4, -0.2) is 6.54 Å². The van der Waals surface area contributed by atoms with Crippen LogP contribution in [0.15, 0.2) is 18.2 Å². The normalized spacial score (nSPS) is 38.2. The molecule has 1 N–H and O–H groups in total. The molecule has 0 aliphatic heterocycles. The lowest BCUT2D eigenvalue weighted by Gasteiger charge is -2.57. The van der Waals surface area contributed by atoms with Crippen molar-refractivity contribution >= 4 is 5.69 Å². The van der Waals surface area contributed by atoms with E-state index in [1.54, 1.807) is 19.3 Å². The van der Waals surface area contributed by atoms with Crippen molar-refractivity contribution in [3.8, 4) is 0 Å². The third-order valence-corrected chi connectivity index (χ3v) is 6.29. The van der Waals surface area contributed by atoms with Crippen LogP contribution in [0.25, 0.3) is 0 Å². The van der Waals surface area contributed by atoms with Crippen LogP contribution in [0.1, 0.15) is 49.7 Å². The molecule has 0 spiro atoms. The minimum atomic E-state index is 0.628. The Bertz CT molecular complexity index is 461. The van der Waals surface area contributed by atoms with Gasteiger partial charge in [0, 0.05) is 12.2 Å². The smallest absolute Gasteiger partial charge is 0.0399 e. The molecule has 0 aromatic heterocycles. The number of hydrogen-bond donors (Lipinski definition) is 1. The molecule has 1 aromatic carbocycles. The van der Waals surface area contributed by atoms with Gasteiger partial charge in [-0.15, -0.1) is 0 Å². The number of benzene rings is 1. The fourth-order valence-corrected chi connectivity index (χ4v) is 5.88. The third-order valence-electron chi connectivity index (χ3n) is 6.29. The van der Waals surface area contributed by atoms with Gasteiger partial charge in [0.05, 0.1) is 0 Å². The molecule has 1 nitrogen and oxygen atoms in total. The first kappa shape index (κ1) is 12.7. The summed E-state index contributed by atoms with van der Waals surface area (Å²) in [4.78, 5) is 0. The summed E-state index contributed by atoms with van der Waals surface area (Å²) >= 11 is 0. The van der Waals surface area contributed by atoms with Gasteiger partial charge in [-0.05, 0) is 86.7 Å². The van der Waals surface area contributed by atoms with E-state index < -0.39 is 0 Å². The van der Waals surface area contributed by atoms with Crippen LogP contribution >= 0.6 is 0 Å². The van der Waals surface area contributed by atoms with Gasteiger partial charge >= 0.3 is 0 Å². The van der Waals surface area contributed by atoms with Gasteiger partial charge in [0.15, 0.2) is 0 Å². The molecule has 0 unspecified atom stereocenters. The van der Waals surface area contributed by atoms with E-state index in [1.165, 1.54) is 42.6 Å². The maximum atomic E-state index is 3.84. The molecule has 0 heterocycles. The first-order chi connectivity index (χ1) is 9.63. The highest BCUT2D eigenvalue weighted by Crippen LogP contribution is 2.59.